The maximum atomic E-state index is 12.9. The number of morpholine rings is 1. The van der Waals surface area contributed by atoms with Crippen LogP contribution in [0.25, 0.3) is 0 Å². The molecule has 4 heterocycles. The van der Waals surface area contributed by atoms with Crippen molar-refractivity contribution in [2.24, 2.45) is 21.8 Å². The SMILES string of the molecule is CC(OC(=O)/C=N/c1nc(/N=C/C(=O)OC(C)C2CC(C)(C)N(C)C(C)(C)C2)nc(N2CCOCC2)n1)C1CC(C)(C)N(C)C(C)(C)C1. The van der Waals surface area contributed by atoms with Gasteiger partial charge in [0.1, 0.15) is 24.6 Å². The molecule has 0 amide bonds. The molecule has 0 bridgehead atoms. The van der Waals surface area contributed by atoms with Crippen LogP contribution in [0.2, 0.25) is 0 Å². The minimum Gasteiger partial charge on any atom is -0.458 e. The van der Waals surface area contributed by atoms with Gasteiger partial charge in [0.25, 0.3) is 11.9 Å². The zero-order valence-corrected chi connectivity index (χ0v) is 31.2. The number of aliphatic imine (C=N–C) groups is 2. The van der Waals surface area contributed by atoms with Gasteiger partial charge < -0.3 is 19.1 Å². The van der Waals surface area contributed by atoms with Gasteiger partial charge in [0.05, 0.1) is 13.2 Å². The summed E-state index contributed by atoms with van der Waals surface area (Å²) in [6.07, 6.45) is 5.23. The lowest BCUT2D eigenvalue weighted by atomic mass is 9.72. The number of likely N-dealkylation sites (tertiary alicyclic amines) is 2. The first-order valence-corrected chi connectivity index (χ1v) is 17.3. The van der Waals surface area contributed by atoms with Gasteiger partial charge >= 0.3 is 11.9 Å². The van der Waals surface area contributed by atoms with E-state index in [4.69, 9.17) is 14.2 Å². The zero-order valence-electron chi connectivity index (χ0n) is 31.2. The van der Waals surface area contributed by atoms with E-state index >= 15 is 0 Å². The molecule has 3 saturated heterocycles. The highest BCUT2D eigenvalue weighted by Gasteiger charge is 2.46. The molecular weight excluding hydrogens is 612 g/mol. The van der Waals surface area contributed by atoms with Crippen LogP contribution in [0.15, 0.2) is 9.98 Å². The van der Waals surface area contributed by atoms with E-state index in [1.807, 2.05) is 18.7 Å². The molecule has 13 heteroatoms. The first kappa shape index (κ1) is 37.8. The highest BCUT2D eigenvalue weighted by Crippen LogP contribution is 2.43. The highest BCUT2D eigenvalue weighted by molar-refractivity contribution is 6.24. The second-order valence-corrected chi connectivity index (χ2v) is 16.3. The first-order valence-electron chi connectivity index (χ1n) is 17.3. The number of carbonyl (C=O) groups excluding carboxylic acids is 2. The summed E-state index contributed by atoms with van der Waals surface area (Å²) in [5.41, 5.74) is -0.0950. The van der Waals surface area contributed by atoms with Gasteiger partial charge in [-0.05, 0) is 121 Å². The first-order chi connectivity index (χ1) is 22.2. The molecule has 3 aliphatic rings. The third-order valence-electron chi connectivity index (χ3n) is 11.1. The highest BCUT2D eigenvalue weighted by atomic mass is 16.5. The van der Waals surface area contributed by atoms with Crippen molar-refractivity contribution in [3.63, 3.8) is 0 Å². The summed E-state index contributed by atoms with van der Waals surface area (Å²) in [5.74, 6) is -0.433. The molecule has 1 aromatic rings. The Morgan fingerprint density at radius 2 is 1.06 bits per heavy atom. The minimum atomic E-state index is -0.576. The third-order valence-corrected chi connectivity index (χ3v) is 11.1. The van der Waals surface area contributed by atoms with E-state index in [0.29, 0.717) is 32.3 Å². The van der Waals surface area contributed by atoms with Crippen molar-refractivity contribution in [2.75, 3.05) is 45.3 Å². The number of ether oxygens (including phenoxy) is 3. The van der Waals surface area contributed by atoms with Gasteiger partial charge in [-0.2, -0.15) is 15.0 Å². The fraction of sp³-hybridized carbons (Fsp3) is 0.800. The maximum Gasteiger partial charge on any atom is 0.349 e. The average Bonchev–Trinajstić information content (AvgIpc) is 3.00. The van der Waals surface area contributed by atoms with E-state index < -0.39 is 11.9 Å². The lowest BCUT2D eigenvalue weighted by Crippen LogP contribution is -2.60. The maximum absolute atomic E-state index is 12.9. The smallest absolute Gasteiger partial charge is 0.349 e. The zero-order chi connectivity index (χ0) is 35.7. The Labute approximate surface area is 286 Å². The standard InChI is InChI=1S/C35H58N8O5/c1-23(25-17-32(3,4)41(11)33(5,6)18-25)47-27(44)21-36-29-38-30(40-31(39-29)43-13-15-46-16-14-43)37-22-28(45)48-24(2)26-19-34(7,8)42(12)35(9,10)20-26/h21-26H,13-20H2,1-12H3/b36-21+,37-22+. The molecule has 48 heavy (non-hydrogen) atoms. The molecule has 0 N–H and O–H groups in total. The van der Waals surface area contributed by atoms with Crippen LogP contribution in [0.3, 0.4) is 0 Å². The van der Waals surface area contributed by atoms with Crippen LogP contribution in [0.1, 0.15) is 94.9 Å². The molecule has 13 nitrogen and oxygen atoms in total. The van der Waals surface area contributed by atoms with Crippen LogP contribution in [0.5, 0.6) is 0 Å². The average molecular weight is 671 g/mol. The predicted molar refractivity (Wildman–Crippen MR) is 188 cm³/mol. The van der Waals surface area contributed by atoms with Gasteiger partial charge in [-0.1, -0.05) is 0 Å². The van der Waals surface area contributed by atoms with Crippen molar-refractivity contribution >= 4 is 42.2 Å². The van der Waals surface area contributed by atoms with Crippen molar-refractivity contribution < 1.29 is 23.8 Å². The van der Waals surface area contributed by atoms with E-state index in [9.17, 15) is 9.59 Å². The van der Waals surface area contributed by atoms with Crippen molar-refractivity contribution in [3.8, 4) is 0 Å². The molecule has 2 unspecified atom stereocenters. The Balaban J connectivity index is 1.45. The summed E-state index contributed by atoms with van der Waals surface area (Å²) in [5, 5.41) is 0. The molecule has 3 aliphatic heterocycles. The number of nitrogens with zero attached hydrogens (tertiary/aromatic N) is 8. The van der Waals surface area contributed by atoms with Gasteiger partial charge in [-0.25, -0.2) is 19.6 Å². The molecular formula is C35H58N8O5. The molecule has 2 atom stereocenters. The van der Waals surface area contributed by atoms with E-state index in [0.717, 1.165) is 38.1 Å². The fourth-order valence-corrected chi connectivity index (χ4v) is 7.77. The van der Waals surface area contributed by atoms with Crippen LogP contribution in [-0.2, 0) is 23.8 Å². The Hall–Kier alpha value is -3.03. The lowest BCUT2D eigenvalue weighted by molar-refractivity contribution is -0.147. The van der Waals surface area contributed by atoms with Gasteiger partial charge in [-0.15, -0.1) is 0 Å². The number of carbonyl (C=O) groups is 2. The molecule has 0 spiro atoms. The Morgan fingerprint density at radius 1 is 0.708 bits per heavy atom. The fourth-order valence-electron chi connectivity index (χ4n) is 7.77. The van der Waals surface area contributed by atoms with Gasteiger partial charge in [0.2, 0.25) is 5.95 Å². The predicted octanol–water partition coefficient (Wildman–Crippen LogP) is 4.77. The quantitative estimate of drug-likeness (QED) is 0.266. The summed E-state index contributed by atoms with van der Waals surface area (Å²) in [4.78, 5) is 54.2. The number of rotatable bonds is 9. The van der Waals surface area contributed by atoms with Gasteiger partial charge in [0.15, 0.2) is 0 Å². The Kier molecular flexibility index (Phi) is 11.4. The van der Waals surface area contributed by atoms with E-state index in [1.54, 1.807) is 0 Å². The molecule has 268 valence electrons. The lowest BCUT2D eigenvalue weighted by Gasteiger charge is -2.54. The van der Waals surface area contributed by atoms with Crippen LogP contribution < -0.4 is 4.90 Å². The van der Waals surface area contributed by atoms with Crippen molar-refractivity contribution in [1.82, 2.24) is 24.8 Å². The second-order valence-electron chi connectivity index (χ2n) is 16.3. The molecule has 0 radical (unpaired) electrons. The number of hydrogen-bond donors (Lipinski definition) is 0. The topological polar surface area (TPSA) is 135 Å². The molecule has 0 aromatic carbocycles. The molecule has 4 rings (SSSR count). The van der Waals surface area contributed by atoms with Crippen LogP contribution >= 0.6 is 0 Å². The monoisotopic (exact) mass is 670 g/mol. The summed E-state index contributed by atoms with van der Waals surface area (Å²) in [6, 6.07) is 0. The number of esters is 2. The van der Waals surface area contributed by atoms with Crippen molar-refractivity contribution in [1.29, 1.82) is 0 Å². The molecule has 0 aliphatic carbocycles. The number of anilines is 1. The normalized spacial score (nSPS) is 24.9. The minimum absolute atomic E-state index is 0.0117. The number of hydrogen-bond acceptors (Lipinski definition) is 13. The Morgan fingerprint density at radius 3 is 1.42 bits per heavy atom. The third kappa shape index (κ3) is 9.15. The van der Waals surface area contributed by atoms with Gasteiger partial charge in [-0.3, -0.25) is 9.80 Å². The van der Waals surface area contributed by atoms with E-state index in [-0.39, 0.29) is 58.1 Å². The van der Waals surface area contributed by atoms with Gasteiger partial charge in [0, 0.05) is 35.2 Å². The van der Waals surface area contributed by atoms with Crippen LogP contribution in [0.4, 0.5) is 17.8 Å². The summed E-state index contributed by atoms with van der Waals surface area (Å²) >= 11 is 0. The van der Waals surface area contributed by atoms with E-state index in [1.165, 1.54) is 0 Å². The Bertz CT molecular complexity index is 1240. The number of piperidine rings is 2. The van der Waals surface area contributed by atoms with Crippen LogP contribution in [-0.4, -0.2) is 124 Å². The van der Waals surface area contributed by atoms with Crippen molar-refractivity contribution in [3.05, 3.63) is 0 Å². The molecule has 3 fully saturated rings. The van der Waals surface area contributed by atoms with Crippen molar-refractivity contribution in [2.45, 2.75) is 129 Å². The molecule has 1 aromatic heterocycles. The summed E-state index contributed by atoms with van der Waals surface area (Å²) in [7, 11) is 4.30. The van der Waals surface area contributed by atoms with E-state index in [2.05, 4.69) is 104 Å². The number of aromatic nitrogens is 3. The second kappa shape index (κ2) is 14.4. The largest absolute Gasteiger partial charge is 0.458 e. The van der Waals surface area contributed by atoms with Crippen LogP contribution in [0, 0.1) is 11.8 Å². The summed E-state index contributed by atoms with van der Waals surface area (Å²) in [6.45, 7) is 23.8. The molecule has 0 saturated carbocycles. The summed E-state index contributed by atoms with van der Waals surface area (Å²) < 4.78 is 17.1.